The standard InChI is InChI=1S/C16H23N5O4/c1-18(10-7-5-4-6-8-10)15-17-13-12(21(15)9-11(22)23)14(24)20(3)16(25)19(13)2/h10H,4-9H2,1-3H3,(H,22,23). The third kappa shape index (κ3) is 2.83. The quantitative estimate of drug-likeness (QED) is 0.851. The minimum atomic E-state index is -1.06. The highest BCUT2D eigenvalue weighted by Gasteiger charge is 2.26. The second kappa shape index (κ2) is 6.38. The summed E-state index contributed by atoms with van der Waals surface area (Å²) in [5.74, 6) is -0.642. The summed E-state index contributed by atoms with van der Waals surface area (Å²) in [5, 5.41) is 9.30. The van der Waals surface area contributed by atoms with Crippen LogP contribution in [-0.2, 0) is 25.4 Å². The summed E-state index contributed by atoms with van der Waals surface area (Å²) in [4.78, 5) is 42.6. The van der Waals surface area contributed by atoms with Gasteiger partial charge in [-0.05, 0) is 12.8 Å². The molecule has 9 heteroatoms. The molecule has 136 valence electrons. The maximum Gasteiger partial charge on any atom is 0.332 e. The topological polar surface area (TPSA) is 102 Å². The zero-order chi connectivity index (χ0) is 18.3. The van der Waals surface area contributed by atoms with E-state index in [2.05, 4.69) is 4.98 Å². The molecule has 9 nitrogen and oxygen atoms in total. The molecule has 25 heavy (non-hydrogen) atoms. The van der Waals surface area contributed by atoms with Crippen LogP contribution < -0.4 is 16.1 Å². The number of aryl methyl sites for hydroxylation is 1. The number of nitrogens with zero attached hydrogens (tertiary/aromatic N) is 5. The van der Waals surface area contributed by atoms with Gasteiger partial charge in [0.1, 0.15) is 6.54 Å². The summed E-state index contributed by atoms with van der Waals surface area (Å²) >= 11 is 0. The van der Waals surface area contributed by atoms with Gasteiger partial charge in [0, 0.05) is 27.2 Å². The highest BCUT2D eigenvalue weighted by molar-refractivity contribution is 5.78. The zero-order valence-corrected chi connectivity index (χ0v) is 14.7. The summed E-state index contributed by atoms with van der Waals surface area (Å²) in [5.41, 5.74) is -0.656. The minimum absolute atomic E-state index is 0.143. The van der Waals surface area contributed by atoms with Crippen molar-refractivity contribution in [3.63, 3.8) is 0 Å². The molecule has 0 saturated heterocycles. The lowest BCUT2D eigenvalue weighted by atomic mass is 9.95. The summed E-state index contributed by atoms with van der Waals surface area (Å²) in [6.45, 7) is -0.379. The Hall–Kier alpha value is -2.58. The molecule has 0 aromatic carbocycles. The number of aliphatic carboxylic acids is 1. The average molecular weight is 349 g/mol. The van der Waals surface area contributed by atoms with Crippen LogP contribution in [-0.4, -0.2) is 42.9 Å². The van der Waals surface area contributed by atoms with Gasteiger partial charge in [0.25, 0.3) is 5.56 Å². The molecule has 2 aromatic heterocycles. The van der Waals surface area contributed by atoms with Crippen molar-refractivity contribution in [1.82, 2.24) is 18.7 Å². The highest BCUT2D eigenvalue weighted by atomic mass is 16.4. The van der Waals surface area contributed by atoms with Gasteiger partial charge >= 0.3 is 11.7 Å². The second-order valence-corrected chi connectivity index (χ2v) is 6.67. The van der Waals surface area contributed by atoms with Crippen LogP contribution in [0.25, 0.3) is 11.2 Å². The summed E-state index contributed by atoms with van der Waals surface area (Å²) in [6.07, 6.45) is 5.45. The Morgan fingerprint density at radius 3 is 2.44 bits per heavy atom. The van der Waals surface area contributed by atoms with Crippen LogP contribution in [0.1, 0.15) is 32.1 Å². The smallest absolute Gasteiger partial charge is 0.332 e. The number of carboxylic acids is 1. The van der Waals surface area contributed by atoms with E-state index in [9.17, 15) is 19.5 Å². The average Bonchev–Trinajstić information content (AvgIpc) is 2.97. The molecule has 0 atom stereocenters. The molecule has 1 aliphatic rings. The first-order chi connectivity index (χ1) is 11.8. The van der Waals surface area contributed by atoms with Crippen molar-refractivity contribution in [2.45, 2.75) is 44.7 Å². The van der Waals surface area contributed by atoms with Gasteiger partial charge in [-0.2, -0.15) is 4.98 Å². The SMILES string of the molecule is CN(c1nc2c(c(=O)n(C)c(=O)n2C)n1CC(=O)O)C1CCCCC1. The van der Waals surface area contributed by atoms with Crippen molar-refractivity contribution in [3.8, 4) is 0 Å². The van der Waals surface area contributed by atoms with E-state index in [1.807, 2.05) is 11.9 Å². The number of anilines is 1. The van der Waals surface area contributed by atoms with Gasteiger partial charge in [-0.3, -0.25) is 23.3 Å². The van der Waals surface area contributed by atoms with Crippen molar-refractivity contribution in [3.05, 3.63) is 20.8 Å². The second-order valence-electron chi connectivity index (χ2n) is 6.67. The van der Waals surface area contributed by atoms with Crippen LogP contribution in [0.2, 0.25) is 0 Å². The molecule has 1 saturated carbocycles. The Balaban J connectivity index is 2.25. The van der Waals surface area contributed by atoms with E-state index in [0.29, 0.717) is 5.95 Å². The molecule has 2 aromatic rings. The van der Waals surface area contributed by atoms with Gasteiger partial charge in [-0.15, -0.1) is 0 Å². The van der Waals surface area contributed by atoms with Crippen LogP contribution in [0.3, 0.4) is 0 Å². The molecular weight excluding hydrogens is 326 g/mol. The predicted octanol–water partition coefficient (Wildman–Crippen LogP) is 0.287. The van der Waals surface area contributed by atoms with Crippen LogP contribution >= 0.6 is 0 Å². The predicted molar refractivity (Wildman–Crippen MR) is 93.1 cm³/mol. The number of fused-ring (bicyclic) bond motifs is 1. The first-order valence-electron chi connectivity index (χ1n) is 8.43. The Morgan fingerprint density at radius 1 is 1.20 bits per heavy atom. The van der Waals surface area contributed by atoms with E-state index in [0.717, 1.165) is 30.3 Å². The third-order valence-corrected chi connectivity index (χ3v) is 5.06. The number of carboxylic acid groups (broad SMARTS) is 1. The van der Waals surface area contributed by atoms with E-state index < -0.39 is 17.2 Å². The summed E-state index contributed by atoms with van der Waals surface area (Å²) in [6, 6.07) is 0.249. The fourth-order valence-electron chi connectivity index (χ4n) is 3.62. The molecule has 0 aliphatic heterocycles. The van der Waals surface area contributed by atoms with Crippen molar-refractivity contribution in [1.29, 1.82) is 0 Å². The van der Waals surface area contributed by atoms with Gasteiger partial charge in [0.15, 0.2) is 11.2 Å². The Morgan fingerprint density at radius 2 is 1.84 bits per heavy atom. The first kappa shape index (κ1) is 17.2. The number of imidazole rings is 1. The molecule has 0 amide bonds. The molecule has 0 radical (unpaired) electrons. The maximum atomic E-state index is 12.6. The largest absolute Gasteiger partial charge is 0.480 e. The fraction of sp³-hybridized carbons (Fsp3) is 0.625. The van der Waals surface area contributed by atoms with Gasteiger partial charge in [0.2, 0.25) is 5.95 Å². The highest BCUT2D eigenvalue weighted by Crippen LogP contribution is 2.27. The van der Waals surface area contributed by atoms with Crippen LogP contribution in [0.5, 0.6) is 0 Å². The van der Waals surface area contributed by atoms with Crippen LogP contribution in [0.15, 0.2) is 9.59 Å². The van der Waals surface area contributed by atoms with Crippen molar-refractivity contribution >= 4 is 23.1 Å². The number of hydrogen-bond donors (Lipinski definition) is 1. The molecule has 3 rings (SSSR count). The van der Waals surface area contributed by atoms with Crippen molar-refractivity contribution in [2.24, 2.45) is 14.1 Å². The molecule has 0 bridgehead atoms. The van der Waals surface area contributed by atoms with E-state index in [1.165, 1.54) is 29.7 Å². The lowest BCUT2D eigenvalue weighted by Crippen LogP contribution is -2.38. The number of hydrogen-bond acceptors (Lipinski definition) is 5. The van der Waals surface area contributed by atoms with E-state index in [-0.39, 0.29) is 23.8 Å². The number of rotatable bonds is 4. The fourth-order valence-corrected chi connectivity index (χ4v) is 3.62. The molecular formula is C16H23N5O4. The Kier molecular flexibility index (Phi) is 4.40. The lowest BCUT2D eigenvalue weighted by Gasteiger charge is -2.32. The van der Waals surface area contributed by atoms with Gasteiger partial charge in [0.05, 0.1) is 0 Å². The van der Waals surface area contributed by atoms with Gasteiger partial charge < -0.3 is 10.0 Å². The lowest BCUT2D eigenvalue weighted by molar-refractivity contribution is -0.137. The number of aromatic nitrogens is 4. The van der Waals surface area contributed by atoms with Gasteiger partial charge in [-0.25, -0.2) is 4.79 Å². The van der Waals surface area contributed by atoms with E-state index in [4.69, 9.17) is 0 Å². The van der Waals surface area contributed by atoms with Crippen LogP contribution in [0, 0.1) is 0 Å². The maximum absolute atomic E-state index is 12.6. The zero-order valence-electron chi connectivity index (χ0n) is 14.7. The Labute approximate surface area is 144 Å². The summed E-state index contributed by atoms with van der Waals surface area (Å²) in [7, 11) is 4.79. The molecule has 1 N–H and O–H groups in total. The molecule has 0 spiro atoms. The van der Waals surface area contributed by atoms with Crippen LogP contribution in [0.4, 0.5) is 5.95 Å². The minimum Gasteiger partial charge on any atom is -0.480 e. The Bertz CT molecular complexity index is 933. The van der Waals surface area contributed by atoms with E-state index in [1.54, 1.807) is 0 Å². The third-order valence-electron chi connectivity index (χ3n) is 5.06. The van der Waals surface area contributed by atoms with Crippen molar-refractivity contribution < 1.29 is 9.90 Å². The van der Waals surface area contributed by atoms with E-state index >= 15 is 0 Å². The summed E-state index contributed by atoms with van der Waals surface area (Å²) < 4.78 is 3.67. The normalized spacial score (nSPS) is 15.6. The molecule has 1 aliphatic carbocycles. The first-order valence-corrected chi connectivity index (χ1v) is 8.43. The molecule has 0 unspecified atom stereocenters. The molecule has 2 heterocycles. The molecule has 1 fully saturated rings. The van der Waals surface area contributed by atoms with Crippen molar-refractivity contribution in [2.75, 3.05) is 11.9 Å². The number of carbonyl (C=O) groups is 1. The monoisotopic (exact) mass is 349 g/mol. The van der Waals surface area contributed by atoms with Gasteiger partial charge in [-0.1, -0.05) is 19.3 Å².